The topological polar surface area (TPSA) is 39.9 Å². The van der Waals surface area contributed by atoms with Gasteiger partial charge in [-0.25, -0.2) is 9.67 Å². The number of aromatic nitrogens is 3. The molecule has 0 saturated heterocycles. The predicted octanol–water partition coefficient (Wildman–Crippen LogP) is 1.91. The van der Waals surface area contributed by atoms with Gasteiger partial charge < -0.3 is 4.74 Å². The van der Waals surface area contributed by atoms with Crippen LogP contribution >= 0.6 is 11.6 Å². The van der Waals surface area contributed by atoms with Gasteiger partial charge in [-0.15, -0.1) is 0 Å². The van der Waals surface area contributed by atoms with Crippen LogP contribution in [0.5, 0.6) is 5.75 Å². The van der Waals surface area contributed by atoms with Crippen LogP contribution in [0, 0.1) is 0 Å². The van der Waals surface area contributed by atoms with Crippen LogP contribution < -0.4 is 4.74 Å². The maximum atomic E-state index is 6.07. The summed E-state index contributed by atoms with van der Waals surface area (Å²) in [6.45, 7) is 1.38. The summed E-state index contributed by atoms with van der Waals surface area (Å²) in [6, 6.07) is 3.89. The molecule has 1 aliphatic heterocycles. The highest BCUT2D eigenvalue weighted by molar-refractivity contribution is 6.30. The van der Waals surface area contributed by atoms with Crippen LogP contribution in [-0.4, -0.2) is 21.4 Å². The van der Waals surface area contributed by atoms with E-state index in [4.69, 9.17) is 16.3 Å². The molecule has 0 atom stereocenters. The van der Waals surface area contributed by atoms with Gasteiger partial charge in [0.15, 0.2) is 0 Å². The molecule has 1 aromatic heterocycles. The molecule has 0 saturated carbocycles. The minimum absolute atomic E-state index is 0.642. The van der Waals surface area contributed by atoms with Crippen molar-refractivity contribution in [2.24, 2.45) is 0 Å². The quantitative estimate of drug-likeness (QED) is 0.799. The maximum Gasteiger partial charge on any atom is 0.137 e. The van der Waals surface area contributed by atoms with Crippen molar-refractivity contribution in [2.45, 2.75) is 13.0 Å². The van der Waals surface area contributed by atoms with Crippen molar-refractivity contribution in [2.75, 3.05) is 6.61 Å². The molecule has 0 radical (unpaired) electrons. The van der Waals surface area contributed by atoms with Crippen molar-refractivity contribution in [3.63, 3.8) is 0 Å². The summed E-state index contributed by atoms with van der Waals surface area (Å²) >= 11 is 6.07. The molecule has 2 heterocycles. The van der Waals surface area contributed by atoms with Gasteiger partial charge in [-0.3, -0.25) is 0 Å². The summed E-state index contributed by atoms with van der Waals surface area (Å²) in [7, 11) is 0. The van der Waals surface area contributed by atoms with E-state index in [-0.39, 0.29) is 0 Å². The lowest BCUT2D eigenvalue weighted by molar-refractivity contribution is 0.352. The molecule has 0 N–H and O–H groups in total. The Labute approximate surface area is 97.8 Å². The molecule has 0 unspecified atom stereocenters. The average Bonchev–Trinajstić information content (AvgIpc) is 2.87. The first-order valence-electron chi connectivity index (χ1n) is 5.09. The fraction of sp³-hybridized carbons (Fsp3) is 0.273. The smallest absolute Gasteiger partial charge is 0.137 e. The third-order valence-electron chi connectivity index (χ3n) is 2.62. The number of hydrogen-bond acceptors (Lipinski definition) is 3. The summed E-state index contributed by atoms with van der Waals surface area (Å²) in [5.41, 5.74) is 2.24. The molecule has 0 bridgehead atoms. The lowest BCUT2D eigenvalue weighted by Crippen LogP contribution is -2.02. The van der Waals surface area contributed by atoms with Crippen LogP contribution in [0.2, 0.25) is 5.02 Å². The third kappa shape index (κ3) is 1.65. The molecule has 1 aliphatic rings. The third-order valence-corrected chi connectivity index (χ3v) is 2.84. The number of fused-ring (bicyclic) bond motifs is 1. The summed E-state index contributed by atoms with van der Waals surface area (Å²) in [5.74, 6) is 0.958. The van der Waals surface area contributed by atoms with Gasteiger partial charge in [-0.2, -0.15) is 5.10 Å². The largest absolute Gasteiger partial charge is 0.493 e. The van der Waals surface area contributed by atoms with Crippen LogP contribution in [0.25, 0.3) is 0 Å². The van der Waals surface area contributed by atoms with Crippen LogP contribution in [0.1, 0.15) is 11.1 Å². The Balaban J connectivity index is 2.00. The number of rotatable bonds is 2. The van der Waals surface area contributed by atoms with E-state index in [0.717, 1.165) is 29.4 Å². The Morgan fingerprint density at radius 1 is 1.44 bits per heavy atom. The van der Waals surface area contributed by atoms with Gasteiger partial charge in [-0.1, -0.05) is 11.6 Å². The van der Waals surface area contributed by atoms with Crippen molar-refractivity contribution in [3.8, 4) is 5.75 Å². The molecular weight excluding hydrogens is 226 g/mol. The number of nitrogens with zero attached hydrogens (tertiary/aromatic N) is 3. The maximum absolute atomic E-state index is 6.07. The van der Waals surface area contributed by atoms with Crippen molar-refractivity contribution in [3.05, 3.63) is 40.9 Å². The Hall–Kier alpha value is -1.55. The number of ether oxygens (including phenoxy) is 1. The van der Waals surface area contributed by atoms with E-state index in [1.807, 2.05) is 12.1 Å². The van der Waals surface area contributed by atoms with Crippen molar-refractivity contribution < 1.29 is 4.74 Å². The molecule has 2 aromatic rings. The fourth-order valence-electron chi connectivity index (χ4n) is 1.95. The monoisotopic (exact) mass is 235 g/mol. The van der Waals surface area contributed by atoms with Crippen molar-refractivity contribution in [1.29, 1.82) is 0 Å². The molecule has 4 nitrogen and oxygen atoms in total. The van der Waals surface area contributed by atoms with Gasteiger partial charge in [0.1, 0.15) is 18.4 Å². The first kappa shape index (κ1) is 9.66. The highest BCUT2D eigenvalue weighted by atomic mass is 35.5. The van der Waals surface area contributed by atoms with Gasteiger partial charge in [0.05, 0.1) is 13.2 Å². The number of benzene rings is 1. The summed E-state index contributed by atoms with van der Waals surface area (Å²) < 4.78 is 7.37. The first-order chi connectivity index (χ1) is 7.83. The molecule has 82 valence electrons. The molecule has 0 spiro atoms. The Morgan fingerprint density at radius 3 is 3.19 bits per heavy atom. The summed E-state index contributed by atoms with van der Waals surface area (Å²) in [6.07, 6.45) is 4.13. The fourth-order valence-corrected chi connectivity index (χ4v) is 2.22. The second-order valence-corrected chi connectivity index (χ2v) is 4.18. The van der Waals surface area contributed by atoms with Crippen molar-refractivity contribution >= 4 is 11.6 Å². The Kier molecular flexibility index (Phi) is 2.29. The van der Waals surface area contributed by atoms with Gasteiger partial charge in [0.25, 0.3) is 0 Å². The second kappa shape index (κ2) is 3.79. The van der Waals surface area contributed by atoms with Crippen LogP contribution in [0.4, 0.5) is 0 Å². The lowest BCUT2D eigenvalue weighted by Gasteiger charge is -2.08. The van der Waals surface area contributed by atoms with Crippen LogP contribution in [-0.2, 0) is 13.0 Å². The zero-order valence-electron chi connectivity index (χ0n) is 8.56. The van der Waals surface area contributed by atoms with E-state index < -0.39 is 0 Å². The zero-order valence-corrected chi connectivity index (χ0v) is 9.31. The van der Waals surface area contributed by atoms with Gasteiger partial charge >= 0.3 is 0 Å². The van der Waals surface area contributed by atoms with E-state index in [0.29, 0.717) is 6.54 Å². The van der Waals surface area contributed by atoms with E-state index in [9.17, 15) is 0 Å². The second-order valence-electron chi connectivity index (χ2n) is 3.74. The lowest BCUT2D eigenvalue weighted by atomic mass is 10.1. The molecular formula is C11H10ClN3O. The molecule has 0 amide bonds. The average molecular weight is 236 g/mol. The summed E-state index contributed by atoms with van der Waals surface area (Å²) in [4.78, 5) is 3.91. The number of hydrogen-bond donors (Lipinski definition) is 0. The SMILES string of the molecule is Clc1cc2c(c(Cn3cncn3)c1)OCC2. The van der Waals surface area contributed by atoms with E-state index in [1.54, 1.807) is 11.0 Å². The molecule has 1 aromatic carbocycles. The molecule has 0 fully saturated rings. The van der Waals surface area contributed by atoms with E-state index >= 15 is 0 Å². The standard InChI is InChI=1S/C11H10ClN3O/c12-10-3-8-1-2-16-11(8)9(4-10)5-15-7-13-6-14-15/h3-4,6-7H,1-2,5H2. The van der Waals surface area contributed by atoms with Crippen molar-refractivity contribution in [1.82, 2.24) is 14.8 Å². The zero-order chi connectivity index (χ0) is 11.0. The van der Waals surface area contributed by atoms with Gasteiger partial charge in [-0.05, 0) is 17.7 Å². The van der Waals surface area contributed by atoms with E-state index in [2.05, 4.69) is 10.1 Å². The molecule has 0 aliphatic carbocycles. The highest BCUT2D eigenvalue weighted by Crippen LogP contribution is 2.33. The highest BCUT2D eigenvalue weighted by Gasteiger charge is 2.17. The molecule has 16 heavy (non-hydrogen) atoms. The summed E-state index contributed by atoms with van der Waals surface area (Å²) in [5, 5.41) is 4.82. The van der Waals surface area contributed by atoms with Crippen LogP contribution in [0.15, 0.2) is 24.8 Å². The van der Waals surface area contributed by atoms with Gasteiger partial charge in [0, 0.05) is 17.0 Å². The molecule has 3 rings (SSSR count). The minimum Gasteiger partial charge on any atom is -0.493 e. The predicted molar refractivity (Wildman–Crippen MR) is 59.8 cm³/mol. The van der Waals surface area contributed by atoms with Gasteiger partial charge in [0.2, 0.25) is 0 Å². The van der Waals surface area contributed by atoms with Crippen LogP contribution in [0.3, 0.4) is 0 Å². The first-order valence-corrected chi connectivity index (χ1v) is 5.47. The minimum atomic E-state index is 0.642. The molecule has 5 heteroatoms. The van der Waals surface area contributed by atoms with E-state index in [1.165, 1.54) is 11.9 Å². The normalized spacial score (nSPS) is 13.6. The Bertz CT molecular complexity index is 510. The number of halogens is 1. The Morgan fingerprint density at radius 2 is 2.38 bits per heavy atom.